The number of hydrogen-bond donors (Lipinski definition) is 5. The summed E-state index contributed by atoms with van der Waals surface area (Å²) in [5, 5.41) is 36.6. The third-order valence-corrected chi connectivity index (χ3v) is 9.43. The van der Waals surface area contributed by atoms with Crippen LogP contribution in [0.1, 0.15) is 43.0 Å². The van der Waals surface area contributed by atoms with E-state index in [0.717, 1.165) is 21.6 Å². The number of hydrogen-bond acceptors (Lipinski definition) is 12. The molecule has 0 fully saturated rings. The molecular weight excluding hydrogens is 755 g/mol. The predicted molar refractivity (Wildman–Crippen MR) is 206 cm³/mol. The Morgan fingerprint density at radius 1 is 1.08 bits per heavy atom. The van der Waals surface area contributed by atoms with Crippen LogP contribution in [0.3, 0.4) is 0 Å². The van der Waals surface area contributed by atoms with Gasteiger partial charge in [-0.3, -0.25) is 9.59 Å². The van der Waals surface area contributed by atoms with Crippen LogP contribution in [0.4, 0.5) is 5.82 Å². The summed E-state index contributed by atoms with van der Waals surface area (Å²) in [6.07, 6.45) is 1.59. The largest absolute Gasteiger partial charge is 0.492 e. The number of nitrogens with two attached hydrogens (primary N) is 2. The zero-order valence-electron chi connectivity index (χ0n) is 28.4. The number of aliphatic carboxylic acids is 1. The zero-order valence-corrected chi connectivity index (χ0v) is 31.4. The molecular formula is C34H37Cl3N8O4S2. The number of amides is 1. The molecule has 0 aliphatic rings. The van der Waals surface area contributed by atoms with Gasteiger partial charge in [0.15, 0.2) is 0 Å². The first-order chi connectivity index (χ1) is 24.1. The maximum atomic E-state index is 12.8. The van der Waals surface area contributed by atoms with Crippen molar-refractivity contribution in [1.29, 1.82) is 10.5 Å². The molecule has 1 amide bonds. The second kappa shape index (κ2) is 21.3. The normalized spacial score (nSPS) is 11.9. The van der Waals surface area contributed by atoms with Gasteiger partial charge in [-0.15, -0.1) is 36.2 Å². The van der Waals surface area contributed by atoms with E-state index in [1.807, 2.05) is 17.5 Å². The third-order valence-electron chi connectivity index (χ3n) is 7.23. The smallest absolute Gasteiger partial charge is 0.325 e. The molecule has 0 aliphatic carbocycles. The number of nitriles is 2. The van der Waals surface area contributed by atoms with Crippen molar-refractivity contribution in [3.63, 3.8) is 0 Å². The summed E-state index contributed by atoms with van der Waals surface area (Å²) in [6, 6.07) is 16.5. The standard InChI is InChI=1S/C34H35ClN8O4S2.2ClH/c1-20(34(45)46)41-31(44)28(4-2-3-13-36)40-14-15-47-25-11-7-21(8-12-25)29-26(16-37)30(39)43-33(27(29)17-38)49-19-24-18-48-32(42-24)22-5-9-23(35)10-6-22;;/h5-12,18,20,28,40H,2-4,13-15,19,36H2,1H3,(H2,39,43)(H,41,44)(H,45,46);2*1H/t20-,28-;;/m0../s1/i/hD. The number of nitrogen functional groups attached to an aromatic ring is 1. The molecule has 2 aromatic carbocycles. The van der Waals surface area contributed by atoms with E-state index in [-0.39, 0.29) is 54.9 Å². The molecule has 4 aromatic rings. The Kier molecular flexibility index (Phi) is 17.2. The highest BCUT2D eigenvalue weighted by molar-refractivity contribution is 7.98. The number of nitrogens with zero attached hydrogens (tertiary/aromatic N) is 4. The first-order valence-corrected chi connectivity index (χ1v) is 17.5. The van der Waals surface area contributed by atoms with Crippen LogP contribution in [0.2, 0.25) is 6.43 Å². The maximum absolute atomic E-state index is 12.8. The number of halogens is 3. The number of thiazole rings is 1. The van der Waals surface area contributed by atoms with Crippen molar-refractivity contribution in [3.8, 4) is 39.6 Å². The zero-order chi connectivity index (χ0) is 36.2. The number of rotatable bonds is 17. The number of benzene rings is 2. The highest BCUT2D eigenvalue weighted by Gasteiger charge is 2.23. The monoisotopic (exact) mass is 791 g/mol. The fourth-order valence-electron chi connectivity index (χ4n) is 4.68. The highest BCUT2D eigenvalue weighted by atomic mass is 35.5. The Balaban J connectivity index is 0.00000468. The van der Waals surface area contributed by atoms with Crippen LogP contribution in [0, 0.1) is 22.7 Å². The number of ether oxygens (including phenoxy) is 1. The maximum Gasteiger partial charge on any atom is 0.325 e. The first kappa shape index (κ1) is 41.3. The minimum atomic E-state index is -1.17. The van der Waals surface area contributed by atoms with Crippen LogP contribution < -0.4 is 26.8 Å². The van der Waals surface area contributed by atoms with E-state index < -0.39 is 24.0 Å². The van der Waals surface area contributed by atoms with E-state index in [0.29, 0.717) is 58.5 Å². The average Bonchev–Trinajstić information content (AvgIpc) is 3.58. The Morgan fingerprint density at radius 2 is 1.75 bits per heavy atom. The van der Waals surface area contributed by atoms with Gasteiger partial charge in [0.25, 0.3) is 0 Å². The van der Waals surface area contributed by atoms with E-state index in [9.17, 15) is 20.1 Å². The van der Waals surface area contributed by atoms with Gasteiger partial charge >= 0.3 is 5.97 Å². The Bertz CT molecular complexity index is 1890. The summed E-state index contributed by atoms with van der Waals surface area (Å²) in [5.41, 5.74) is 14.7. The van der Waals surface area contributed by atoms with Gasteiger partial charge in [0.05, 0.1) is 17.3 Å². The molecule has 2 aromatic heterocycles. The van der Waals surface area contributed by atoms with E-state index in [2.05, 4.69) is 22.4 Å². The molecule has 2 atom stereocenters. The van der Waals surface area contributed by atoms with Gasteiger partial charge in [-0.25, -0.2) is 9.97 Å². The molecule has 0 unspecified atom stereocenters. The summed E-state index contributed by atoms with van der Waals surface area (Å²) in [7, 11) is 0. The molecule has 0 aliphatic heterocycles. The van der Waals surface area contributed by atoms with Crippen molar-refractivity contribution in [1.82, 2.24) is 20.6 Å². The van der Waals surface area contributed by atoms with Crippen LogP contribution in [-0.2, 0) is 15.3 Å². The predicted octanol–water partition coefficient (Wildman–Crippen LogP) is 6.04. The molecule has 2 heterocycles. The molecule has 0 saturated carbocycles. The summed E-state index contributed by atoms with van der Waals surface area (Å²) >= 11 is 8.80. The van der Waals surface area contributed by atoms with E-state index in [4.69, 9.17) is 39.3 Å². The number of carboxylic acids is 1. The first-order valence-electron chi connectivity index (χ1n) is 15.7. The summed E-state index contributed by atoms with van der Waals surface area (Å²) in [6.45, 7) is 1.92. The molecule has 270 valence electrons. The number of unbranched alkanes of at least 4 members (excludes halogenated alkanes) is 1. The van der Waals surface area contributed by atoms with Gasteiger partial charge in [-0.05, 0) is 56.1 Å². The molecule has 7 N–H and O–H groups in total. The number of anilines is 1. The topological polar surface area (TPSA) is 213 Å². The van der Waals surface area contributed by atoms with Crippen molar-refractivity contribution < 1.29 is 20.8 Å². The van der Waals surface area contributed by atoms with Crippen LogP contribution in [-0.4, -0.2) is 58.7 Å². The quantitative estimate of drug-likeness (QED) is 0.0612. The second-order valence-electron chi connectivity index (χ2n) is 10.7. The van der Waals surface area contributed by atoms with Crippen molar-refractivity contribution in [2.24, 2.45) is 5.73 Å². The number of nitrogens with one attached hydrogen (secondary N) is 2. The van der Waals surface area contributed by atoms with Gasteiger partial charge in [-0.1, -0.05) is 54.0 Å². The van der Waals surface area contributed by atoms with Gasteiger partial charge in [0, 0.05) is 33.8 Å². The van der Waals surface area contributed by atoms with Crippen LogP contribution in [0.25, 0.3) is 21.7 Å². The molecule has 51 heavy (non-hydrogen) atoms. The summed E-state index contributed by atoms with van der Waals surface area (Å²) in [4.78, 5) is 33.0. The van der Waals surface area contributed by atoms with Gasteiger partial charge in [0.2, 0.25) is 5.91 Å². The number of carbonyl (C=O) groups excluding carboxylic acids is 1. The van der Waals surface area contributed by atoms with Crippen molar-refractivity contribution in [2.45, 2.75) is 49.0 Å². The van der Waals surface area contributed by atoms with Crippen molar-refractivity contribution in [3.05, 3.63) is 75.8 Å². The molecule has 0 bridgehead atoms. The Hall–Kier alpha value is -4.12. The molecule has 0 spiro atoms. The minimum Gasteiger partial charge on any atom is -0.492 e. The van der Waals surface area contributed by atoms with Crippen molar-refractivity contribution >= 4 is 77.2 Å². The fourth-order valence-corrected chi connectivity index (χ4v) is 6.63. The highest BCUT2D eigenvalue weighted by Crippen LogP contribution is 2.37. The third kappa shape index (κ3) is 12.0. The second-order valence-corrected chi connectivity index (χ2v) is 13.0. The van der Waals surface area contributed by atoms with Gasteiger partial charge in [0.1, 0.15) is 53.4 Å². The summed E-state index contributed by atoms with van der Waals surface area (Å²) < 4.78 is 14.3. The van der Waals surface area contributed by atoms with E-state index in [1.54, 1.807) is 36.4 Å². The van der Waals surface area contributed by atoms with E-state index in [1.165, 1.54) is 30.0 Å². The lowest BCUT2D eigenvalue weighted by Crippen LogP contribution is -2.50. The van der Waals surface area contributed by atoms with Crippen LogP contribution in [0.15, 0.2) is 58.9 Å². The molecule has 0 saturated heterocycles. The van der Waals surface area contributed by atoms with Gasteiger partial charge in [-0.2, -0.15) is 10.5 Å². The molecule has 4 rings (SSSR count). The SMILES string of the molecule is Cl.Cl.[2H]N(CCOc1ccc(-c2c(C#N)c(N)nc(SCc3csc(-c4ccc(Cl)cc4)n3)c2C#N)cc1)[C@@H](CCCCN)C(=O)N[C@@H](C)C(=O)O. The lowest BCUT2D eigenvalue weighted by Gasteiger charge is -2.20. The fraction of sp³-hybridized carbons (Fsp3) is 0.294. The molecule has 17 heteroatoms. The molecule has 0 radical (unpaired) electrons. The molecule has 12 nitrogen and oxygen atoms in total. The van der Waals surface area contributed by atoms with E-state index >= 15 is 0 Å². The lowest BCUT2D eigenvalue weighted by molar-refractivity contribution is -0.141. The summed E-state index contributed by atoms with van der Waals surface area (Å²) in [5.74, 6) is -0.844. The number of pyridine rings is 1. The van der Waals surface area contributed by atoms with Crippen LogP contribution in [0.5, 0.6) is 5.75 Å². The number of carbonyl (C=O) groups is 2. The lowest BCUT2D eigenvalue weighted by atomic mass is 9.97. The number of aromatic nitrogens is 2. The van der Waals surface area contributed by atoms with Crippen molar-refractivity contribution in [2.75, 3.05) is 25.4 Å². The average molecular weight is 793 g/mol. The van der Waals surface area contributed by atoms with Crippen LogP contribution >= 0.6 is 59.5 Å². The number of carboxylic acid groups (broad SMARTS) is 1. The Morgan fingerprint density at radius 3 is 2.37 bits per heavy atom. The van der Waals surface area contributed by atoms with Gasteiger partial charge < -0.3 is 31.9 Å². The number of thioether (sulfide) groups is 1. The Labute approximate surface area is 323 Å². The minimum absolute atomic E-state index is 0.